The molecule has 1 aliphatic carbocycles. The van der Waals surface area contributed by atoms with Crippen molar-refractivity contribution in [2.45, 2.75) is 44.3 Å². The molecule has 4 nitrogen and oxygen atoms in total. The van der Waals surface area contributed by atoms with Gasteiger partial charge in [0.2, 0.25) is 5.91 Å². The van der Waals surface area contributed by atoms with Gasteiger partial charge in [-0.3, -0.25) is 4.79 Å². The highest BCUT2D eigenvalue weighted by Crippen LogP contribution is 2.32. The van der Waals surface area contributed by atoms with Crippen molar-refractivity contribution in [2.24, 2.45) is 5.92 Å². The van der Waals surface area contributed by atoms with Crippen LogP contribution < -0.4 is 0 Å². The van der Waals surface area contributed by atoms with Crippen molar-refractivity contribution in [3.05, 3.63) is 12.2 Å². The SMILES string of the molecule is O=C(C1CC=CCC1)N1CCC2(CC1)OCCCO2. The second-order valence-electron chi connectivity index (χ2n) is 5.77. The fraction of sp³-hybridized carbons (Fsp3) is 0.800. The zero-order valence-electron chi connectivity index (χ0n) is 11.5. The molecule has 4 heteroatoms. The molecule has 1 amide bonds. The third kappa shape index (κ3) is 2.84. The Hall–Kier alpha value is -0.870. The van der Waals surface area contributed by atoms with Crippen LogP contribution >= 0.6 is 0 Å². The lowest BCUT2D eigenvalue weighted by atomic mass is 9.92. The minimum Gasteiger partial charge on any atom is -0.350 e. The molecule has 3 aliphatic rings. The maximum Gasteiger partial charge on any atom is 0.226 e. The number of nitrogens with zero attached hydrogens (tertiary/aromatic N) is 1. The number of hydrogen-bond donors (Lipinski definition) is 0. The molecular weight excluding hydrogens is 242 g/mol. The van der Waals surface area contributed by atoms with Crippen LogP contribution in [0.5, 0.6) is 0 Å². The monoisotopic (exact) mass is 265 g/mol. The Morgan fingerprint density at radius 2 is 1.89 bits per heavy atom. The molecule has 2 heterocycles. The smallest absolute Gasteiger partial charge is 0.226 e. The Labute approximate surface area is 114 Å². The van der Waals surface area contributed by atoms with Crippen LogP contribution in [0.3, 0.4) is 0 Å². The zero-order chi connectivity index (χ0) is 13.1. The average molecular weight is 265 g/mol. The summed E-state index contributed by atoms with van der Waals surface area (Å²) in [6.45, 7) is 3.14. The molecule has 0 aromatic rings. The topological polar surface area (TPSA) is 38.8 Å². The Morgan fingerprint density at radius 1 is 1.16 bits per heavy atom. The summed E-state index contributed by atoms with van der Waals surface area (Å²) >= 11 is 0. The number of carbonyl (C=O) groups excluding carboxylic acids is 1. The van der Waals surface area contributed by atoms with Gasteiger partial charge in [-0.25, -0.2) is 0 Å². The van der Waals surface area contributed by atoms with Gasteiger partial charge in [0.15, 0.2) is 5.79 Å². The fourth-order valence-electron chi connectivity index (χ4n) is 3.25. The van der Waals surface area contributed by atoms with Gasteiger partial charge in [0.25, 0.3) is 0 Å². The summed E-state index contributed by atoms with van der Waals surface area (Å²) in [4.78, 5) is 14.4. The van der Waals surface area contributed by atoms with E-state index in [9.17, 15) is 4.79 Å². The normalized spacial score (nSPS) is 30.5. The molecule has 2 fully saturated rings. The standard InChI is InChI=1S/C15H23NO3/c17-14(13-5-2-1-3-6-13)16-9-7-15(8-10-16)18-11-4-12-19-15/h1-2,13H,3-12H2. The molecule has 0 saturated carbocycles. The van der Waals surface area contributed by atoms with Crippen LogP contribution in [0.25, 0.3) is 0 Å². The number of likely N-dealkylation sites (tertiary alicyclic amines) is 1. The highest BCUT2D eigenvalue weighted by atomic mass is 16.7. The van der Waals surface area contributed by atoms with Gasteiger partial charge in [-0.15, -0.1) is 0 Å². The van der Waals surface area contributed by atoms with E-state index in [0.29, 0.717) is 5.91 Å². The minimum absolute atomic E-state index is 0.201. The largest absolute Gasteiger partial charge is 0.350 e. The number of allylic oxidation sites excluding steroid dienone is 2. The summed E-state index contributed by atoms with van der Waals surface area (Å²) in [5, 5.41) is 0. The van der Waals surface area contributed by atoms with E-state index in [1.165, 1.54) is 0 Å². The Kier molecular flexibility index (Phi) is 3.89. The number of rotatable bonds is 1. The van der Waals surface area contributed by atoms with Crippen LogP contribution in [0, 0.1) is 5.92 Å². The lowest BCUT2D eigenvalue weighted by Gasteiger charge is -2.44. The molecule has 19 heavy (non-hydrogen) atoms. The third-order valence-electron chi connectivity index (χ3n) is 4.47. The Balaban J connectivity index is 1.54. The van der Waals surface area contributed by atoms with Crippen LogP contribution in [0.15, 0.2) is 12.2 Å². The number of piperidine rings is 1. The molecule has 3 rings (SSSR count). The minimum atomic E-state index is -0.387. The number of carbonyl (C=O) groups is 1. The molecule has 2 aliphatic heterocycles. The van der Waals surface area contributed by atoms with Crippen LogP contribution in [0.4, 0.5) is 0 Å². The molecule has 1 unspecified atom stereocenters. The van der Waals surface area contributed by atoms with Crippen molar-refractivity contribution in [1.29, 1.82) is 0 Å². The van der Waals surface area contributed by atoms with Gasteiger partial charge >= 0.3 is 0 Å². The number of amides is 1. The van der Waals surface area contributed by atoms with E-state index in [-0.39, 0.29) is 11.7 Å². The third-order valence-corrected chi connectivity index (χ3v) is 4.47. The second-order valence-corrected chi connectivity index (χ2v) is 5.77. The van der Waals surface area contributed by atoms with Gasteiger partial charge in [0.1, 0.15) is 0 Å². The van der Waals surface area contributed by atoms with Gasteiger partial charge in [0.05, 0.1) is 13.2 Å². The first kappa shape index (κ1) is 13.1. The van der Waals surface area contributed by atoms with Crippen LogP contribution in [0.2, 0.25) is 0 Å². The van der Waals surface area contributed by atoms with E-state index in [1.807, 2.05) is 4.90 Å². The van der Waals surface area contributed by atoms with Gasteiger partial charge in [-0.05, 0) is 25.7 Å². The molecule has 1 atom stereocenters. The van der Waals surface area contributed by atoms with E-state index in [2.05, 4.69) is 12.2 Å². The molecule has 2 saturated heterocycles. The highest BCUT2D eigenvalue weighted by Gasteiger charge is 2.40. The summed E-state index contributed by atoms with van der Waals surface area (Å²) in [5.74, 6) is 0.142. The Bertz CT molecular complexity index is 350. The van der Waals surface area contributed by atoms with Crippen molar-refractivity contribution in [2.75, 3.05) is 26.3 Å². The molecule has 0 aromatic heterocycles. The van der Waals surface area contributed by atoms with Crippen LogP contribution in [-0.4, -0.2) is 42.9 Å². The van der Waals surface area contributed by atoms with E-state index in [4.69, 9.17) is 9.47 Å². The van der Waals surface area contributed by atoms with E-state index in [1.54, 1.807) is 0 Å². The van der Waals surface area contributed by atoms with E-state index in [0.717, 1.165) is 64.8 Å². The first-order valence-electron chi connectivity index (χ1n) is 7.51. The zero-order valence-corrected chi connectivity index (χ0v) is 11.5. The molecule has 0 radical (unpaired) electrons. The lowest BCUT2D eigenvalue weighted by Crippen LogP contribution is -2.52. The Morgan fingerprint density at radius 3 is 2.53 bits per heavy atom. The van der Waals surface area contributed by atoms with Crippen molar-refractivity contribution >= 4 is 5.91 Å². The summed E-state index contributed by atoms with van der Waals surface area (Å²) in [6.07, 6.45) is 9.91. The maximum atomic E-state index is 12.4. The van der Waals surface area contributed by atoms with Gasteiger partial charge < -0.3 is 14.4 Å². The predicted molar refractivity (Wildman–Crippen MR) is 71.5 cm³/mol. The van der Waals surface area contributed by atoms with Gasteiger partial charge in [0, 0.05) is 31.8 Å². The number of ether oxygens (including phenoxy) is 2. The second kappa shape index (κ2) is 5.63. The van der Waals surface area contributed by atoms with Gasteiger partial charge in [-0.1, -0.05) is 12.2 Å². The molecule has 1 spiro atoms. The summed E-state index contributed by atoms with van der Waals surface area (Å²) in [7, 11) is 0. The average Bonchev–Trinajstić information content (AvgIpc) is 2.49. The summed E-state index contributed by atoms with van der Waals surface area (Å²) in [5.41, 5.74) is 0. The molecule has 0 N–H and O–H groups in total. The van der Waals surface area contributed by atoms with Crippen LogP contribution in [-0.2, 0) is 14.3 Å². The fourth-order valence-corrected chi connectivity index (χ4v) is 3.25. The first-order chi connectivity index (χ1) is 9.29. The molecule has 0 bridgehead atoms. The number of hydrogen-bond acceptors (Lipinski definition) is 3. The van der Waals surface area contributed by atoms with Crippen molar-refractivity contribution in [3.8, 4) is 0 Å². The molecule has 0 aromatic carbocycles. The van der Waals surface area contributed by atoms with Crippen molar-refractivity contribution < 1.29 is 14.3 Å². The maximum absolute atomic E-state index is 12.4. The summed E-state index contributed by atoms with van der Waals surface area (Å²) < 4.78 is 11.6. The van der Waals surface area contributed by atoms with E-state index < -0.39 is 0 Å². The molecular formula is C15H23NO3. The van der Waals surface area contributed by atoms with Crippen LogP contribution in [0.1, 0.15) is 38.5 Å². The quantitative estimate of drug-likeness (QED) is 0.682. The predicted octanol–water partition coefficient (Wildman–Crippen LogP) is 2.10. The van der Waals surface area contributed by atoms with Gasteiger partial charge in [-0.2, -0.15) is 0 Å². The lowest BCUT2D eigenvalue weighted by molar-refractivity contribution is -0.282. The first-order valence-corrected chi connectivity index (χ1v) is 7.51. The summed E-state index contributed by atoms with van der Waals surface area (Å²) in [6, 6.07) is 0. The van der Waals surface area contributed by atoms with E-state index >= 15 is 0 Å². The van der Waals surface area contributed by atoms with Crippen molar-refractivity contribution in [1.82, 2.24) is 4.90 Å². The molecule has 106 valence electrons. The van der Waals surface area contributed by atoms with Crippen molar-refractivity contribution in [3.63, 3.8) is 0 Å². The highest BCUT2D eigenvalue weighted by molar-refractivity contribution is 5.79.